The van der Waals surface area contributed by atoms with Crippen LogP contribution in [0.4, 0.5) is 10.6 Å². The van der Waals surface area contributed by atoms with E-state index in [9.17, 15) is 9.59 Å². The van der Waals surface area contributed by atoms with Gasteiger partial charge in [-0.2, -0.15) is 5.26 Å². The fourth-order valence-corrected chi connectivity index (χ4v) is 2.85. The topological polar surface area (TPSA) is 110 Å². The van der Waals surface area contributed by atoms with E-state index in [4.69, 9.17) is 10.4 Å². The maximum atomic E-state index is 12.3. The van der Waals surface area contributed by atoms with Crippen LogP contribution in [0.2, 0.25) is 0 Å². The quantitative estimate of drug-likeness (QED) is 0.853. The van der Waals surface area contributed by atoms with Crippen molar-refractivity contribution in [2.24, 2.45) is 0 Å². The molecule has 1 aromatic heterocycles. The van der Waals surface area contributed by atoms with Crippen LogP contribution in [0.15, 0.2) is 42.6 Å². The fourth-order valence-electron chi connectivity index (χ4n) is 2.85. The van der Waals surface area contributed by atoms with E-state index in [1.807, 2.05) is 0 Å². The molecule has 8 nitrogen and oxygen atoms in total. The van der Waals surface area contributed by atoms with E-state index in [1.54, 1.807) is 35.4 Å². The molecule has 0 atom stereocenters. The Labute approximate surface area is 156 Å². The van der Waals surface area contributed by atoms with Gasteiger partial charge in [0, 0.05) is 38.9 Å². The summed E-state index contributed by atoms with van der Waals surface area (Å²) in [7, 11) is 0. The molecule has 1 aromatic carbocycles. The summed E-state index contributed by atoms with van der Waals surface area (Å²) in [5.41, 5.74) is 1.62. The van der Waals surface area contributed by atoms with Crippen LogP contribution < -0.4 is 10.2 Å². The predicted molar refractivity (Wildman–Crippen MR) is 98.4 cm³/mol. The summed E-state index contributed by atoms with van der Waals surface area (Å²) < 4.78 is 0. The molecule has 0 saturated carbocycles. The Morgan fingerprint density at radius 3 is 2.48 bits per heavy atom. The number of carbonyl (C=O) groups excluding carboxylic acids is 1. The van der Waals surface area contributed by atoms with Crippen molar-refractivity contribution in [1.29, 1.82) is 5.26 Å². The summed E-state index contributed by atoms with van der Waals surface area (Å²) in [6.45, 7) is 2.74. The van der Waals surface area contributed by atoms with Crippen LogP contribution in [0.5, 0.6) is 0 Å². The van der Waals surface area contributed by atoms with Crippen molar-refractivity contribution in [2.75, 3.05) is 31.1 Å². The van der Waals surface area contributed by atoms with Crippen molar-refractivity contribution in [3.63, 3.8) is 0 Å². The van der Waals surface area contributed by atoms with Crippen LogP contribution in [0.25, 0.3) is 0 Å². The Kier molecular flexibility index (Phi) is 5.52. The number of aromatic nitrogens is 1. The number of rotatable bonds is 4. The molecule has 138 valence electrons. The summed E-state index contributed by atoms with van der Waals surface area (Å²) in [4.78, 5) is 31.3. The van der Waals surface area contributed by atoms with Gasteiger partial charge in [0.25, 0.3) is 0 Å². The third-order valence-electron chi connectivity index (χ3n) is 4.41. The lowest BCUT2D eigenvalue weighted by Crippen LogP contribution is -2.51. The van der Waals surface area contributed by atoms with Gasteiger partial charge in [-0.25, -0.2) is 14.6 Å². The van der Waals surface area contributed by atoms with Crippen molar-refractivity contribution in [2.45, 2.75) is 6.54 Å². The summed E-state index contributed by atoms with van der Waals surface area (Å²) >= 11 is 0. The monoisotopic (exact) mass is 365 g/mol. The van der Waals surface area contributed by atoms with Crippen LogP contribution in [0.1, 0.15) is 21.5 Å². The number of piperazine rings is 1. The number of carbonyl (C=O) groups is 2. The van der Waals surface area contributed by atoms with E-state index >= 15 is 0 Å². The van der Waals surface area contributed by atoms with Crippen molar-refractivity contribution < 1.29 is 14.7 Å². The molecule has 0 bridgehead atoms. The molecule has 2 N–H and O–H groups in total. The van der Waals surface area contributed by atoms with Gasteiger partial charge in [0.05, 0.1) is 17.2 Å². The molecule has 0 unspecified atom stereocenters. The first-order chi connectivity index (χ1) is 13.1. The molecule has 2 aromatic rings. The Balaban J connectivity index is 1.49. The number of amides is 2. The van der Waals surface area contributed by atoms with Gasteiger partial charge in [0.2, 0.25) is 0 Å². The lowest BCUT2D eigenvalue weighted by Gasteiger charge is -2.35. The average molecular weight is 365 g/mol. The first-order valence-corrected chi connectivity index (χ1v) is 8.53. The van der Waals surface area contributed by atoms with Crippen LogP contribution >= 0.6 is 0 Å². The maximum Gasteiger partial charge on any atom is 0.335 e. The fraction of sp³-hybridized carbons (Fsp3) is 0.263. The van der Waals surface area contributed by atoms with Crippen molar-refractivity contribution in [1.82, 2.24) is 15.2 Å². The molecule has 1 aliphatic heterocycles. The lowest BCUT2D eigenvalue weighted by molar-refractivity contribution is 0.0697. The van der Waals surface area contributed by atoms with Gasteiger partial charge in [0.1, 0.15) is 5.82 Å². The minimum Gasteiger partial charge on any atom is -0.478 e. The van der Waals surface area contributed by atoms with Gasteiger partial charge >= 0.3 is 12.0 Å². The summed E-state index contributed by atoms with van der Waals surface area (Å²) in [6.07, 6.45) is 1.61. The number of benzene rings is 1. The first kappa shape index (κ1) is 18.2. The molecule has 8 heteroatoms. The number of hydrogen-bond donors (Lipinski definition) is 2. The van der Waals surface area contributed by atoms with Gasteiger partial charge in [-0.3, -0.25) is 0 Å². The largest absolute Gasteiger partial charge is 0.478 e. The van der Waals surface area contributed by atoms with E-state index in [-0.39, 0.29) is 11.6 Å². The molecule has 0 spiro atoms. The zero-order valence-corrected chi connectivity index (χ0v) is 14.6. The van der Waals surface area contributed by atoms with E-state index < -0.39 is 5.97 Å². The number of nitriles is 1. The number of anilines is 1. The van der Waals surface area contributed by atoms with Crippen molar-refractivity contribution >= 4 is 17.8 Å². The number of carboxylic acids is 1. The number of nitrogens with zero attached hydrogens (tertiary/aromatic N) is 4. The van der Waals surface area contributed by atoms with Gasteiger partial charge < -0.3 is 20.2 Å². The van der Waals surface area contributed by atoms with E-state index in [0.29, 0.717) is 38.3 Å². The van der Waals surface area contributed by atoms with Crippen LogP contribution in [0, 0.1) is 11.3 Å². The maximum absolute atomic E-state index is 12.3. The van der Waals surface area contributed by atoms with Gasteiger partial charge in [-0.1, -0.05) is 12.1 Å². The van der Waals surface area contributed by atoms with Crippen molar-refractivity contribution in [3.8, 4) is 6.07 Å². The molecule has 1 fully saturated rings. The normalized spacial score (nSPS) is 13.7. The molecule has 2 heterocycles. The third-order valence-corrected chi connectivity index (χ3v) is 4.41. The Morgan fingerprint density at radius 2 is 1.85 bits per heavy atom. The molecule has 1 aliphatic rings. The minimum absolute atomic E-state index is 0.157. The number of hydrogen-bond acceptors (Lipinski definition) is 5. The third kappa shape index (κ3) is 4.52. The Hall–Kier alpha value is -3.60. The zero-order valence-electron chi connectivity index (χ0n) is 14.6. The number of aromatic carboxylic acids is 1. The Morgan fingerprint density at radius 1 is 1.15 bits per heavy atom. The highest BCUT2D eigenvalue weighted by Crippen LogP contribution is 2.15. The second-order valence-corrected chi connectivity index (χ2v) is 6.15. The second kappa shape index (κ2) is 8.19. The minimum atomic E-state index is -0.974. The molecule has 0 aliphatic carbocycles. The van der Waals surface area contributed by atoms with Crippen LogP contribution in [0.3, 0.4) is 0 Å². The van der Waals surface area contributed by atoms with Gasteiger partial charge in [0.15, 0.2) is 0 Å². The molecule has 3 rings (SSSR count). The highest BCUT2D eigenvalue weighted by atomic mass is 16.4. The molecule has 0 radical (unpaired) electrons. The first-order valence-electron chi connectivity index (χ1n) is 8.53. The average Bonchev–Trinajstić information content (AvgIpc) is 2.72. The number of nitrogens with one attached hydrogen (secondary N) is 1. The molecular weight excluding hydrogens is 346 g/mol. The molecule has 1 saturated heterocycles. The van der Waals surface area contributed by atoms with Crippen LogP contribution in [-0.4, -0.2) is 53.2 Å². The second-order valence-electron chi connectivity index (χ2n) is 6.15. The zero-order chi connectivity index (χ0) is 19.2. The standard InChI is InChI=1S/C19H19N5O3/c20-12-15-5-6-21-17(11-15)23-7-9-24(10-8-23)19(27)22-13-14-1-3-16(4-2-14)18(25)26/h1-6,11H,7-10,13H2,(H,22,27)(H,25,26). The number of carboxylic acid groups (broad SMARTS) is 1. The van der Waals surface area contributed by atoms with E-state index in [0.717, 1.165) is 11.4 Å². The Bertz CT molecular complexity index is 868. The highest BCUT2D eigenvalue weighted by Gasteiger charge is 2.21. The SMILES string of the molecule is N#Cc1ccnc(N2CCN(C(=O)NCc3ccc(C(=O)O)cc3)CC2)c1. The molecule has 27 heavy (non-hydrogen) atoms. The summed E-state index contributed by atoms with van der Waals surface area (Å²) in [5.74, 6) is -0.231. The van der Waals surface area contributed by atoms with Gasteiger partial charge in [-0.05, 0) is 29.8 Å². The lowest BCUT2D eigenvalue weighted by atomic mass is 10.1. The molecular formula is C19H19N5O3. The summed E-state index contributed by atoms with van der Waals surface area (Å²) in [6, 6.07) is 11.8. The summed E-state index contributed by atoms with van der Waals surface area (Å²) in [5, 5.41) is 20.7. The number of urea groups is 1. The predicted octanol–water partition coefficient (Wildman–Crippen LogP) is 1.68. The van der Waals surface area contributed by atoms with Crippen molar-refractivity contribution in [3.05, 3.63) is 59.3 Å². The number of pyridine rings is 1. The van der Waals surface area contributed by atoms with Crippen LogP contribution in [-0.2, 0) is 6.54 Å². The van der Waals surface area contributed by atoms with Gasteiger partial charge in [-0.15, -0.1) is 0 Å². The van der Waals surface area contributed by atoms with E-state index in [2.05, 4.69) is 21.3 Å². The molecule has 2 amide bonds. The smallest absolute Gasteiger partial charge is 0.335 e. The van der Waals surface area contributed by atoms with E-state index in [1.165, 1.54) is 12.1 Å². The highest BCUT2D eigenvalue weighted by molar-refractivity contribution is 5.87.